The fourth-order valence-corrected chi connectivity index (χ4v) is 1.22. The number of aromatic nitrogens is 2. The van der Waals surface area contributed by atoms with E-state index in [9.17, 15) is 9.90 Å². The lowest BCUT2D eigenvalue weighted by Crippen LogP contribution is -2.38. The monoisotopic (exact) mass is 213 g/mol. The number of rotatable bonds is 4. The standard InChI is InChI=1S/C9H15N3O3/c1-4-5-8(13)11(2)6-7-9(14)15-10-12(7)3/h4-6H2,1-3H3. The summed E-state index contributed by atoms with van der Waals surface area (Å²) in [6, 6.07) is 0. The SMILES string of the molecule is CCCC(=O)N(C)Cc1c([O-])on[n+]1C. The fraction of sp³-hybridized carbons (Fsp3) is 0.667. The van der Waals surface area contributed by atoms with Gasteiger partial charge in [0.1, 0.15) is 6.54 Å². The number of hydrogen-bond donors (Lipinski definition) is 0. The highest BCUT2D eigenvalue weighted by atomic mass is 16.6. The Kier molecular flexibility index (Phi) is 3.65. The van der Waals surface area contributed by atoms with Gasteiger partial charge in [0.25, 0.3) is 5.69 Å². The van der Waals surface area contributed by atoms with E-state index < -0.39 is 5.95 Å². The molecule has 0 radical (unpaired) electrons. The topological polar surface area (TPSA) is 73.3 Å². The van der Waals surface area contributed by atoms with Gasteiger partial charge in [0.2, 0.25) is 5.91 Å². The molecule has 1 rings (SSSR count). The van der Waals surface area contributed by atoms with Crippen LogP contribution < -0.4 is 9.79 Å². The van der Waals surface area contributed by atoms with Gasteiger partial charge >= 0.3 is 0 Å². The molecule has 0 N–H and O–H groups in total. The van der Waals surface area contributed by atoms with Gasteiger partial charge in [-0.2, -0.15) is 0 Å². The Labute approximate surface area is 88.1 Å². The Hall–Kier alpha value is -1.59. The quantitative estimate of drug-likeness (QED) is 0.622. The second-order valence-corrected chi connectivity index (χ2v) is 3.43. The predicted molar refractivity (Wildman–Crippen MR) is 48.5 cm³/mol. The third-order valence-corrected chi connectivity index (χ3v) is 2.15. The highest BCUT2D eigenvalue weighted by molar-refractivity contribution is 5.75. The van der Waals surface area contributed by atoms with E-state index in [1.165, 1.54) is 9.58 Å². The lowest BCUT2D eigenvalue weighted by molar-refractivity contribution is -0.746. The van der Waals surface area contributed by atoms with Gasteiger partial charge in [-0.15, -0.1) is 0 Å². The van der Waals surface area contributed by atoms with Crippen LogP contribution in [0.15, 0.2) is 4.52 Å². The third kappa shape index (κ3) is 2.68. The molecule has 0 saturated carbocycles. The number of nitrogens with zero attached hydrogens (tertiary/aromatic N) is 3. The van der Waals surface area contributed by atoms with Gasteiger partial charge in [0.15, 0.2) is 13.0 Å². The molecule has 0 saturated heterocycles. The van der Waals surface area contributed by atoms with Crippen molar-refractivity contribution < 1.29 is 19.1 Å². The van der Waals surface area contributed by atoms with Crippen LogP contribution in [0, 0.1) is 0 Å². The molecule has 1 aromatic rings. The van der Waals surface area contributed by atoms with Gasteiger partial charge in [0.05, 0.1) is 5.27 Å². The molecule has 0 aliphatic rings. The summed E-state index contributed by atoms with van der Waals surface area (Å²) in [6.45, 7) is 2.17. The maximum atomic E-state index is 11.5. The minimum Gasteiger partial charge on any atom is -0.539 e. The minimum absolute atomic E-state index is 0.0121. The van der Waals surface area contributed by atoms with Crippen molar-refractivity contribution in [1.82, 2.24) is 10.2 Å². The van der Waals surface area contributed by atoms with E-state index in [0.717, 1.165) is 6.42 Å². The Bertz CT molecular complexity index is 329. The van der Waals surface area contributed by atoms with Crippen molar-refractivity contribution in [1.29, 1.82) is 0 Å². The van der Waals surface area contributed by atoms with Crippen LogP contribution in [-0.4, -0.2) is 23.1 Å². The number of amides is 1. The maximum absolute atomic E-state index is 11.5. The Morgan fingerprint density at radius 1 is 1.67 bits per heavy atom. The van der Waals surface area contributed by atoms with Crippen LogP contribution in [0.25, 0.3) is 0 Å². The number of carbonyl (C=O) groups is 1. The second kappa shape index (κ2) is 4.77. The van der Waals surface area contributed by atoms with Crippen molar-refractivity contribution in [3.63, 3.8) is 0 Å². The molecular weight excluding hydrogens is 198 g/mol. The number of aryl methyl sites for hydroxylation is 1. The first kappa shape index (κ1) is 11.5. The van der Waals surface area contributed by atoms with Crippen molar-refractivity contribution in [2.75, 3.05) is 7.05 Å². The Morgan fingerprint density at radius 2 is 2.33 bits per heavy atom. The van der Waals surface area contributed by atoms with Crippen molar-refractivity contribution in [3.8, 4) is 5.95 Å². The number of hydrogen-bond acceptors (Lipinski definition) is 4. The highest BCUT2D eigenvalue weighted by Crippen LogP contribution is 2.09. The summed E-state index contributed by atoms with van der Waals surface area (Å²) in [7, 11) is 3.27. The minimum atomic E-state index is -0.492. The van der Waals surface area contributed by atoms with E-state index in [0.29, 0.717) is 12.1 Å². The van der Waals surface area contributed by atoms with Crippen molar-refractivity contribution in [2.45, 2.75) is 26.3 Å². The molecule has 0 aromatic carbocycles. The summed E-state index contributed by atoms with van der Waals surface area (Å²) in [5, 5.41) is 14.6. The Morgan fingerprint density at radius 3 is 2.80 bits per heavy atom. The maximum Gasteiger partial charge on any atom is 0.252 e. The molecule has 15 heavy (non-hydrogen) atoms. The zero-order chi connectivity index (χ0) is 11.4. The van der Waals surface area contributed by atoms with E-state index in [1.807, 2.05) is 6.92 Å². The van der Waals surface area contributed by atoms with Crippen LogP contribution >= 0.6 is 0 Å². The van der Waals surface area contributed by atoms with E-state index in [2.05, 4.69) is 9.79 Å². The average Bonchev–Trinajstić information content (AvgIpc) is 2.49. The summed E-state index contributed by atoms with van der Waals surface area (Å²) in [4.78, 5) is 13.0. The van der Waals surface area contributed by atoms with Gasteiger partial charge in [-0.3, -0.25) is 4.79 Å². The molecule has 1 aromatic heterocycles. The van der Waals surface area contributed by atoms with E-state index in [1.54, 1.807) is 14.1 Å². The summed E-state index contributed by atoms with van der Waals surface area (Å²) in [5.41, 5.74) is 0.377. The molecule has 1 heterocycles. The van der Waals surface area contributed by atoms with Gasteiger partial charge in [-0.25, -0.2) is 0 Å². The van der Waals surface area contributed by atoms with Crippen LogP contribution in [0.1, 0.15) is 25.5 Å². The Balaban J connectivity index is 2.66. The third-order valence-electron chi connectivity index (χ3n) is 2.15. The molecule has 1 amide bonds. The zero-order valence-electron chi connectivity index (χ0n) is 9.19. The largest absolute Gasteiger partial charge is 0.539 e. The highest BCUT2D eigenvalue weighted by Gasteiger charge is 2.18. The number of carbonyl (C=O) groups excluding carboxylic acids is 1. The first-order valence-electron chi connectivity index (χ1n) is 4.82. The first-order chi connectivity index (χ1) is 7.06. The van der Waals surface area contributed by atoms with Gasteiger partial charge < -0.3 is 14.5 Å². The summed E-state index contributed by atoms with van der Waals surface area (Å²) < 4.78 is 5.80. The van der Waals surface area contributed by atoms with E-state index >= 15 is 0 Å². The molecule has 84 valence electrons. The lowest BCUT2D eigenvalue weighted by atomic mass is 10.3. The summed E-state index contributed by atoms with van der Waals surface area (Å²) in [5.74, 6) is -0.480. The lowest BCUT2D eigenvalue weighted by Gasteiger charge is -2.14. The first-order valence-corrected chi connectivity index (χ1v) is 4.82. The smallest absolute Gasteiger partial charge is 0.252 e. The molecule has 0 aliphatic heterocycles. The van der Waals surface area contributed by atoms with Crippen molar-refractivity contribution in [3.05, 3.63) is 5.69 Å². The average molecular weight is 213 g/mol. The molecule has 0 unspecified atom stereocenters. The van der Waals surface area contributed by atoms with Crippen molar-refractivity contribution >= 4 is 5.91 Å². The molecule has 6 nitrogen and oxygen atoms in total. The molecule has 0 atom stereocenters. The normalized spacial score (nSPS) is 10.3. The van der Waals surface area contributed by atoms with E-state index in [-0.39, 0.29) is 12.5 Å². The molecule has 0 spiro atoms. The fourth-order valence-electron chi connectivity index (χ4n) is 1.22. The van der Waals surface area contributed by atoms with Crippen LogP contribution in [0.5, 0.6) is 5.95 Å². The van der Waals surface area contributed by atoms with Crippen LogP contribution in [0.4, 0.5) is 0 Å². The summed E-state index contributed by atoms with van der Waals surface area (Å²) in [6.07, 6.45) is 1.28. The van der Waals surface area contributed by atoms with Gasteiger partial charge in [-0.1, -0.05) is 11.6 Å². The van der Waals surface area contributed by atoms with Crippen LogP contribution in [0.2, 0.25) is 0 Å². The zero-order valence-corrected chi connectivity index (χ0v) is 9.19. The predicted octanol–water partition coefficient (Wildman–Crippen LogP) is -0.669. The molecule has 0 bridgehead atoms. The van der Waals surface area contributed by atoms with Crippen LogP contribution in [-0.2, 0) is 18.4 Å². The van der Waals surface area contributed by atoms with Crippen LogP contribution in [0.3, 0.4) is 0 Å². The van der Waals surface area contributed by atoms with Gasteiger partial charge in [-0.05, 0) is 6.42 Å². The second-order valence-electron chi connectivity index (χ2n) is 3.43. The van der Waals surface area contributed by atoms with Crippen molar-refractivity contribution in [2.24, 2.45) is 7.05 Å². The molecule has 0 aliphatic carbocycles. The molecule has 6 heteroatoms. The van der Waals surface area contributed by atoms with Gasteiger partial charge in [0, 0.05) is 13.5 Å². The summed E-state index contributed by atoms with van der Waals surface area (Å²) >= 11 is 0. The van der Waals surface area contributed by atoms with E-state index in [4.69, 9.17) is 0 Å². The molecular formula is C9H15N3O3. The molecule has 0 fully saturated rings.